The van der Waals surface area contributed by atoms with Crippen LogP contribution in [0.2, 0.25) is 0 Å². The highest BCUT2D eigenvalue weighted by molar-refractivity contribution is 5.85. The molecule has 0 aliphatic heterocycles. The molecule has 0 aromatic carbocycles. The first-order chi connectivity index (χ1) is 9.09. The molecule has 0 saturated carbocycles. The third-order valence-corrected chi connectivity index (χ3v) is 3.18. The van der Waals surface area contributed by atoms with Crippen LogP contribution in [-0.2, 0) is 11.3 Å². The van der Waals surface area contributed by atoms with Crippen molar-refractivity contribution >= 4 is 5.91 Å². The smallest absolute Gasteiger partial charge is 0.243 e. The van der Waals surface area contributed by atoms with Gasteiger partial charge in [0.1, 0.15) is 17.6 Å². The highest BCUT2D eigenvalue weighted by Crippen LogP contribution is 2.31. The first kappa shape index (κ1) is 15.2. The summed E-state index contributed by atoms with van der Waals surface area (Å²) in [6.45, 7) is 4.33. The van der Waals surface area contributed by atoms with Gasteiger partial charge in [-0.25, -0.2) is 4.98 Å². The molecule has 0 bridgehead atoms. The van der Waals surface area contributed by atoms with E-state index in [0.717, 1.165) is 12.8 Å². The number of nitrogens with zero attached hydrogens (tertiary/aromatic N) is 4. The monoisotopic (exact) mass is 263 g/mol. The van der Waals surface area contributed by atoms with Gasteiger partial charge < -0.3 is 4.90 Å². The van der Waals surface area contributed by atoms with Gasteiger partial charge in [0.2, 0.25) is 5.91 Å². The molecule has 1 rings (SSSR count). The summed E-state index contributed by atoms with van der Waals surface area (Å²) < 4.78 is 0. The summed E-state index contributed by atoms with van der Waals surface area (Å²) >= 11 is 0. The van der Waals surface area contributed by atoms with Gasteiger partial charge in [-0.15, -0.1) is 0 Å². The molecule has 0 atom stereocenters. The number of H-pyrrole nitrogens is 1. The fourth-order valence-electron chi connectivity index (χ4n) is 2.32. The van der Waals surface area contributed by atoms with Gasteiger partial charge in [-0.2, -0.15) is 10.4 Å². The fraction of sp³-hybridized carbons (Fsp3) is 0.692. The van der Waals surface area contributed by atoms with Gasteiger partial charge in [0.15, 0.2) is 0 Å². The summed E-state index contributed by atoms with van der Waals surface area (Å²) in [6, 6.07) is 2.24. The molecule has 1 amide bonds. The minimum Gasteiger partial charge on any atom is -0.337 e. The molecule has 6 nitrogen and oxygen atoms in total. The molecule has 0 aliphatic rings. The van der Waals surface area contributed by atoms with E-state index >= 15 is 0 Å². The van der Waals surface area contributed by atoms with Crippen LogP contribution in [0.25, 0.3) is 0 Å². The number of rotatable bonds is 7. The van der Waals surface area contributed by atoms with Gasteiger partial charge in [0.05, 0.1) is 12.6 Å². The molecule has 0 fully saturated rings. The van der Waals surface area contributed by atoms with Crippen molar-refractivity contribution in [2.75, 3.05) is 7.05 Å². The molecule has 1 N–H and O–H groups in total. The number of aromatic nitrogens is 3. The van der Waals surface area contributed by atoms with E-state index in [9.17, 15) is 10.1 Å². The Morgan fingerprint density at radius 2 is 2.11 bits per heavy atom. The van der Waals surface area contributed by atoms with Crippen molar-refractivity contribution in [1.29, 1.82) is 5.26 Å². The van der Waals surface area contributed by atoms with E-state index in [1.54, 1.807) is 11.9 Å². The molecule has 1 aromatic heterocycles. The van der Waals surface area contributed by atoms with Crippen molar-refractivity contribution in [3.63, 3.8) is 0 Å². The van der Waals surface area contributed by atoms with Crippen LogP contribution in [0.15, 0.2) is 6.33 Å². The molecule has 6 heteroatoms. The second-order valence-electron chi connectivity index (χ2n) is 4.79. The highest BCUT2D eigenvalue weighted by Gasteiger charge is 2.39. The zero-order chi connectivity index (χ0) is 14.3. The first-order valence-electron chi connectivity index (χ1n) is 6.60. The molecule has 0 radical (unpaired) electrons. The van der Waals surface area contributed by atoms with Gasteiger partial charge in [-0.1, -0.05) is 26.7 Å². The Labute approximate surface area is 113 Å². The number of nitriles is 1. The zero-order valence-corrected chi connectivity index (χ0v) is 11.8. The van der Waals surface area contributed by atoms with E-state index in [4.69, 9.17) is 0 Å². The van der Waals surface area contributed by atoms with Crippen molar-refractivity contribution in [2.24, 2.45) is 5.41 Å². The lowest BCUT2D eigenvalue weighted by molar-refractivity contribution is -0.139. The fourth-order valence-corrected chi connectivity index (χ4v) is 2.32. The van der Waals surface area contributed by atoms with Crippen LogP contribution in [0, 0.1) is 16.7 Å². The van der Waals surface area contributed by atoms with E-state index in [1.165, 1.54) is 6.33 Å². The SMILES string of the molecule is CCCC(C#N)(CCC)C(=O)N(C)Cc1ncn[nH]1. The second-order valence-corrected chi connectivity index (χ2v) is 4.79. The van der Waals surface area contributed by atoms with Gasteiger partial charge >= 0.3 is 0 Å². The Morgan fingerprint density at radius 1 is 1.47 bits per heavy atom. The van der Waals surface area contributed by atoms with E-state index in [2.05, 4.69) is 21.3 Å². The maximum Gasteiger partial charge on any atom is 0.243 e. The van der Waals surface area contributed by atoms with Crippen molar-refractivity contribution in [3.05, 3.63) is 12.2 Å². The molecule has 0 aliphatic carbocycles. The third kappa shape index (κ3) is 3.53. The summed E-state index contributed by atoms with van der Waals surface area (Å²) in [5.74, 6) is 0.491. The van der Waals surface area contributed by atoms with Crippen LogP contribution in [0.5, 0.6) is 0 Å². The molecule has 1 heterocycles. The maximum atomic E-state index is 12.5. The lowest BCUT2D eigenvalue weighted by Crippen LogP contribution is -2.41. The average molecular weight is 263 g/mol. The summed E-state index contributed by atoms with van der Waals surface area (Å²) in [4.78, 5) is 18.1. The summed E-state index contributed by atoms with van der Waals surface area (Å²) in [6.07, 6.45) is 4.22. The zero-order valence-electron chi connectivity index (χ0n) is 11.8. The molecule has 1 aromatic rings. The molecular weight excluding hydrogens is 242 g/mol. The maximum absolute atomic E-state index is 12.5. The largest absolute Gasteiger partial charge is 0.337 e. The van der Waals surface area contributed by atoms with Crippen molar-refractivity contribution < 1.29 is 4.79 Å². The summed E-state index contributed by atoms with van der Waals surface area (Å²) in [5, 5.41) is 15.9. The van der Waals surface area contributed by atoms with Gasteiger partial charge in [0, 0.05) is 7.05 Å². The first-order valence-corrected chi connectivity index (χ1v) is 6.60. The van der Waals surface area contributed by atoms with Crippen LogP contribution >= 0.6 is 0 Å². The van der Waals surface area contributed by atoms with E-state index in [-0.39, 0.29) is 5.91 Å². The van der Waals surface area contributed by atoms with Crippen LogP contribution in [0.3, 0.4) is 0 Å². The normalized spacial score (nSPS) is 11.1. The van der Waals surface area contributed by atoms with E-state index < -0.39 is 5.41 Å². The lowest BCUT2D eigenvalue weighted by atomic mass is 9.79. The Balaban J connectivity index is 2.83. The molecular formula is C13H21N5O. The van der Waals surface area contributed by atoms with Gasteiger partial charge in [-0.3, -0.25) is 9.89 Å². The van der Waals surface area contributed by atoms with Crippen LogP contribution in [0.1, 0.15) is 45.4 Å². The molecule has 19 heavy (non-hydrogen) atoms. The Hall–Kier alpha value is -1.90. The average Bonchev–Trinajstić information content (AvgIpc) is 2.90. The predicted molar refractivity (Wildman–Crippen MR) is 70.7 cm³/mol. The van der Waals surface area contributed by atoms with E-state index in [1.807, 2.05) is 13.8 Å². The number of hydrogen-bond acceptors (Lipinski definition) is 4. The minimum absolute atomic E-state index is 0.130. The van der Waals surface area contributed by atoms with Crippen LogP contribution in [0.4, 0.5) is 0 Å². The number of aromatic amines is 1. The Bertz CT molecular complexity index is 428. The predicted octanol–water partition coefficient (Wildman–Crippen LogP) is 1.87. The Morgan fingerprint density at radius 3 is 2.53 bits per heavy atom. The topological polar surface area (TPSA) is 85.7 Å². The molecule has 0 unspecified atom stereocenters. The van der Waals surface area contributed by atoms with Crippen LogP contribution < -0.4 is 0 Å². The molecule has 0 spiro atoms. The number of amides is 1. The highest BCUT2D eigenvalue weighted by atomic mass is 16.2. The second kappa shape index (κ2) is 6.88. The third-order valence-electron chi connectivity index (χ3n) is 3.18. The number of hydrogen-bond donors (Lipinski definition) is 1. The molecule has 104 valence electrons. The van der Waals surface area contributed by atoms with Crippen LogP contribution in [-0.4, -0.2) is 33.0 Å². The van der Waals surface area contributed by atoms with E-state index in [0.29, 0.717) is 25.2 Å². The number of carbonyl (C=O) groups is 1. The Kier molecular flexibility index (Phi) is 5.49. The standard InChI is InChI=1S/C13H21N5O/c1-4-6-13(9-14,7-5-2)12(19)18(3)8-11-15-10-16-17-11/h10H,4-8H2,1-3H3,(H,15,16,17). The van der Waals surface area contributed by atoms with Crippen molar-refractivity contribution in [2.45, 2.75) is 46.1 Å². The van der Waals surface area contributed by atoms with Gasteiger partial charge in [-0.05, 0) is 12.8 Å². The summed E-state index contributed by atoms with van der Waals surface area (Å²) in [7, 11) is 1.70. The number of carbonyl (C=O) groups excluding carboxylic acids is 1. The van der Waals surface area contributed by atoms with Crippen molar-refractivity contribution in [1.82, 2.24) is 20.1 Å². The summed E-state index contributed by atoms with van der Waals surface area (Å²) in [5.41, 5.74) is -0.904. The molecule has 0 saturated heterocycles. The lowest BCUT2D eigenvalue weighted by Gasteiger charge is -2.29. The number of nitrogens with one attached hydrogen (secondary N) is 1. The van der Waals surface area contributed by atoms with Gasteiger partial charge in [0.25, 0.3) is 0 Å². The quantitative estimate of drug-likeness (QED) is 0.813. The van der Waals surface area contributed by atoms with Crippen molar-refractivity contribution in [3.8, 4) is 6.07 Å². The minimum atomic E-state index is -0.904.